The number of hydrogen-bond donors (Lipinski definition) is 2. The number of carbonyl (C=O) groups excluding carboxylic acids is 2. The highest BCUT2D eigenvalue weighted by atomic mass is 35.5. The lowest BCUT2D eigenvalue weighted by molar-refractivity contribution is 0.0953. The van der Waals surface area contributed by atoms with Gasteiger partial charge in [0, 0.05) is 16.3 Å². The summed E-state index contributed by atoms with van der Waals surface area (Å²) >= 11 is 11.9. The summed E-state index contributed by atoms with van der Waals surface area (Å²) in [4.78, 5) is 24.4. The maximum absolute atomic E-state index is 13.2. The number of hydrazone groups is 1. The highest BCUT2D eigenvalue weighted by Gasteiger charge is 2.11. The predicted octanol–water partition coefficient (Wildman–Crippen LogP) is 5.54. The van der Waals surface area contributed by atoms with Crippen molar-refractivity contribution in [1.29, 1.82) is 0 Å². The van der Waals surface area contributed by atoms with Crippen molar-refractivity contribution in [3.05, 3.63) is 99.3 Å². The Kier molecular flexibility index (Phi) is 6.82. The molecule has 0 saturated carbocycles. The second-order valence-corrected chi connectivity index (χ2v) is 7.15. The van der Waals surface area contributed by atoms with E-state index in [1.807, 2.05) is 0 Å². The maximum Gasteiger partial charge on any atom is 0.271 e. The third-order valence-corrected chi connectivity index (χ3v) is 4.70. The van der Waals surface area contributed by atoms with Crippen LogP contribution in [0.5, 0.6) is 0 Å². The molecule has 0 heterocycles. The minimum Gasteiger partial charge on any atom is -0.322 e. The molecule has 0 unspecified atom stereocenters. The Morgan fingerprint density at radius 3 is 2.30 bits per heavy atom. The van der Waals surface area contributed by atoms with Gasteiger partial charge in [-0.05, 0) is 61.0 Å². The predicted molar refractivity (Wildman–Crippen MR) is 117 cm³/mol. The number of carbonyl (C=O) groups is 2. The summed E-state index contributed by atoms with van der Waals surface area (Å²) in [5.41, 5.74) is 4.71. The van der Waals surface area contributed by atoms with Gasteiger partial charge in [0.1, 0.15) is 5.82 Å². The molecule has 2 N–H and O–H groups in total. The van der Waals surface area contributed by atoms with Crippen LogP contribution in [0.4, 0.5) is 10.1 Å². The molecule has 0 aliphatic carbocycles. The molecule has 0 aromatic heterocycles. The number of benzene rings is 3. The molecule has 8 heteroatoms. The third kappa shape index (κ3) is 5.43. The lowest BCUT2D eigenvalue weighted by Gasteiger charge is -2.08. The highest BCUT2D eigenvalue weighted by molar-refractivity contribution is 6.37. The Morgan fingerprint density at radius 1 is 0.900 bits per heavy atom. The van der Waals surface area contributed by atoms with Gasteiger partial charge in [0.2, 0.25) is 0 Å². The average Bonchev–Trinajstić information content (AvgIpc) is 2.72. The van der Waals surface area contributed by atoms with E-state index in [-0.39, 0.29) is 16.5 Å². The Morgan fingerprint density at radius 2 is 1.63 bits per heavy atom. The van der Waals surface area contributed by atoms with Crippen molar-refractivity contribution >= 4 is 46.4 Å². The van der Waals surface area contributed by atoms with Crippen molar-refractivity contribution in [2.45, 2.75) is 6.92 Å². The molecule has 0 saturated heterocycles. The van der Waals surface area contributed by atoms with E-state index >= 15 is 0 Å². The molecule has 0 aliphatic rings. The first-order valence-corrected chi connectivity index (χ1v) is 9.56. The SMILES string of the molecule is CC(=NNC(=O)c1cccc(F)c1)c1ccc(NC(=O)c2ccc(Cl)cc2Cl)cc1. The fourth-order valence-electron chi connectivity index (χ4n) is 2.56. The van der Waals surface area contributed by atoms with Crippen LogP contribution < -0.4 is 10.7 Å². The molecule has 0 radical (unpaired) electrons. The van der Waals surface area contributed by atoms with Gasteiger partial charge < -0.3 is 5.32 Å². The van der Waals surface area contributed by atoms with Gasteiger partial charge in [-0.3, -0.25) is 9.59 Å². The number of hydrogen-bond acceptors (Lipinski definition) is 3. The zero-order chi connectivity index (χ0) is 21.7. The molecule has 2 amide bonds. The Hall–Kier alpha value is -3.22. The van der Waals surface area contributed by atoms with Crippen LogP contribution in [0.3, 0.4) is 0 Å². The van der Waals surface area contributed by atoms with Crippen LogP contribution in [0.15, 0.2) is 71.8 Å². The van der Waals surface area contributed by atoms with E-state index < -0.39 is 11.7 Å². The van der Waals surface area contributed by atoms with E-state index in [9.17, 15) is 14.0 Å². The molecule has 0 fully saturated rings. The van der Waals surface area contributed by atoms with Gasteiger partial charge >= 0.3 is 0 Å². The molecule has 0 spiro atoms. The highest BCUT2D eigenvalue weighted by Crippen LogP contribution is 2.22. The van der Waals surface area contributed by atoms with Gasteiger partial charge in [-0.1, -0.05) is 41.4 Å². The van der Waals surface area contributed by atoms with Gasteiger partial charge in [0.25, 0.3) is 11.8 Å². The zero-order valence-corrected chi connectivity index (χ0v) is 17.3. The number of halogens is 3. The molecule has 0 atom stereocenters. The summed E-state index contributed by atoms with van der Waals surface area (Å²) in [6.45, 7) is 1.72. The van der Waals surface area contributed by atoms with E-state index in [2.05, 4.69) is 15.8 Å². The fourth-order valence-corrected chi connectivity index (χ4v) is 3.05. The average molecular weight is 444 g/mol. The van der Waals surface area contributed by atoms with Crippen LogP contribution in [0, 0.1) is 5.82 Å². The minimum atomic E-state index is -0.516. The number of rotatable bonds is 5. The largest absolute Gasteiger partial charge is 0.322 e. The summed E-state index contributed by atoms with van der Waals surface area (Å²) in [6.07, 6.45) is 0. The smallest absolute Gasteiger partial charge is 0.271 e. The first-order valence-electron chi connectivity index (χ1n) is 8.80. The zero-order valence-electron chi connectivity index (χ0n) is 15.7. The first kappa shape index (κ1) is 21.5. The standard InChI is InChI=1S/C22H16Cl2FN3O2/c1-13(27-28-21(29)15-3-2-4-17(25)11-15)14-5-8-18(9-6-14)26-22(30)19-10-7-16(23)12-20(19)24/h2-12H,1H3,(H,26,30)(H,28,29). The number of amides is 2. The summed E-state index contributed by atoms with van der Waals surface area (Å²) < 4.78 is 13.2. The van der Waals surface area contributed by atoms with Crippen LogP contribution in [0.1, 0.15) is 33.2 Å². The summed E-state index contributed by atoms with van der Waals surface area (Å²) in [5.74, 6) is -1.38. The lowest BCUT2D eigenvalue weighted by atomic mass is 10.1. The molecule has 0 aliphatic heterocycles. The number of anilines is 1. The van der Waals surface area contributed by atoms with E-state index in [1.54, 1.807) is 43.3 Å². The van der Waals surface area contributed by atoms with Crippen LogP contribution in [0.25, 0.3) is 0 Å². The van der Waals surface area contributed by atoms with Gasteiger partial charge in [-0.2, -0.15) is 5.10 Å². The van der Waals surface area contributed by atoms with Crippen molar-refractivity contribution in [2.75, 3.05) is 5.32 Å². The Labute approximate surface area is 182 Å². The van der Waals surface area contributed by atoms with Gasteiger partial charge in [0.05, 0.1) is 16.3 Å². The molecule has 152 valence electrons. The van der Waals surface area contributed by atoms with E-state index in [4.69, 9.17) is 23.2 Å². The normalized spacial score (nSPS) is 11.1. The topological polar surface area (TPSA) is 70.6 Å². The van der Waals surface area contributed by atoms with Gasteiger partial charge in [-0.15, -0.1) is 0 Å². The summed E-state index contributed by atoms with van der Waals surface area (Å²) in [6, 6.07) is 16.8. The lowest BCUT2D eigenvalue weighted by Crippen LogP contribution is -2.19. The minimum absolute atomic E-state index is 0.172. The van der Waals surface area contributed by atoms with Crippen LogP contribution >= 0.6 is 23.2 Å². The van der Waals surface area contributed by atoms with Gasteiger partial charge in [-0.25, -0.2) is 9.82 Å². The van der Waals surface area contributed by atoms with Crippen molar-refractivity contribution in [3.8, 4) is 0 Å². The number of nitrogens with zero attached hydrogens (tertiary/aromatic N) is 1. The second-order valence-electron chi connectivity index (χ2n) is 6.30. The molecule has 3 rings (SSSR count). The summed E-state index contributed by atoms with van der Waals surface area (Å²) in [7, 11) is 0. The monoisotopic (exact) mass is 443 g/mol. The van der Waals surface area contributed by atoms with E-state index in [1.165, 1.54) is 24.3 Å². The Bertz CT molecular complexity index is 1130. The molecule has 0 bridgehead atoms. The molecular weight excluding hydrogens is 428 g/mol. The summed E-state index contributed by atoms with van der Waals surface area (Å²) in [5, 5.41) is 7.49. The van der Waals surface area contributed by atoms with Crippen molar-refractivity contribution in [3.63, 3.8) is 0 Å². The molecule has 5 nitrogen and oxygen atoms in total. The second kappa shape index (κ2) is 9.52. The molecule has 3 aromatic rings. The van der Waals surface area contributed by atoms with Crippen LogP contribution in [-0.4, -0.2) is 17.5 Å². The number of nitrogens with one attached hydrogen (secondary N) is 2. The molecular formula is C22H16Cl2FN3O2. The molecule has 30 heavy (non-hydrogen) atoms. The van der Waals surface area contributed by atoms with Crippen LogP contribution in [-0.2, 0) is 0 Å². The van der Waals surface area contributed by atoms with E-state index in [0.29, 0.717) is 22.0 Å². The van der Waals surface area contributed by atoms with Crippen molar-refractivity contribution in [2.24, 2.45) is 5.10 Å². The Balaban J connectivity index is 1.65. The van der Waals surface area contributed by atoms with Crippen molar-refractivity contribution in [1.82, 2.24) is 5.43 Å². The fraction of sp³-hybridized carbons (Fsp3) is 0.0455. The van der Waals surface area contributed by atoms with Crippen LogP contribution in [0.2, 0.25) is 10.0 Å². The quantitative estimate of drug-likeness (QED) is 0.401. The first-order chi connectivity index (χ1) is 14.3. The maximum atomic E-state index is 13.2. The van der Waals surface area contributed by atoms with Gasteiger partial charge in [0.15, 0.2) is 0 Å². The third-order valence-electron chi connectivity index (χ3n) is 4.15. The van der Waals surface area contributed by atoms with E-state index in [0.717, 1.165) is 11.6 Å². The molecule has 3 aromatic carbocycles. The van der Waals surface area contributed by atoms with Crippen molar-refractivity contribution < 1.29 is 14.0 Å².